The molecule has 0 unspecified atom stereocenters. The second-order valence-electron chi connectivity index (χ2n) is 13.3. The van der Waals surface area contributed by atoms with Gasteiger partial charge in [-0.3, -0.25) is 0 Å². The fourth-order valence-corrected chi connectivity index (χ4v) is 9.53. The molecule has 0 spiro atoms. The molecular weight excluding hydrogens is 637 g/mol. The number of rotatable bonds is 4. The highest BCUT2D eigenvalue weighted by molar-refractivity contribution is 7.26. The van der Waals surface area contributed by atoms with E-state index in [0.29, 0.717) is 0 Å². The summed E-state index contributed by atoms with van der Waals surface area (Å²) in [6.45, 7) is 0. The molecule has 0 amide bonds. The molecule has 0 saturated heterocycles. The Hall–Kier alpha value is -6.42. The van der Waals surface area contributed by atoms with Crippen molar-refractivity contribution in [3.05, 3.63) is 182 Å². The van der Waals surface area contributed by atoms with E-state index in [-0.39, 0.29) is 0 Å². The van der Waals surface area contributed by atoms with Crippen LogP contribution in [0.2, 0.25) is 0 Å². The highest BCUT2D eigenvalue weighted by atomic mass is 32.1. The van der Waals surface area contributed by atoms with Crippen molar-refractivity contribution < 1.29 is 0 Å². The summed E-state index contributed by atoms with van der Waals surface area (Å²) in [6, 6.07) is 66.8. The molecule has 0 saturated carbocycles. The summed E-state index contributed by atoms with van der Waals surface area (Å²) in [5, 5.41) is 12.6. The van der Waals surface area contributed by atoms with Crippen LogP contribution in [0.5, 0.6) is 0 Å². The average Bonchev–Trinajstić information content (AvgIpc) is 3.75. The summed E-state index contributed by atoms with van der Waals surface area (Å²) in [7, 11) is 0. The molecule has 238 valence electrons. The predicted molar refractivity (Wildman–Crippen MR) is 221 cm³/mol. The van der Waals surface area contributed by atoms with E-state index in [1.807, 2.05) is 11.3 Å². The maximum atomic E-state index is 2.55. The fraction of sp³-hybridized carbons (Fsp3) is 0. The number of fused-ring (bicyclic) bond motifs is 11. The van der Waals surface area contributed by atoms with Gasteiger partial charge in [0.25, 0.3) is 0 Å². The minimum atomic E-state index is 1.14. The quantitative estimate of drug-likeness (QED) is 0.170. The molecule has 0 radical (unpaired) electrons. The fourth-order valence-electron chi connectivity index (χ4n) is 8.40. The lowest BCUT2D eigenvalue weighted by atomic mass is 9.94. The smallest absolute Gasteiger partial charge is 0.0782 e. The minimum absolute atomic E-state index is 1.14. The first-order valence-electron chi connectivity index (χ1n) is 17.4. The molecule has 2 nitrogen and oxygen atoms in total. The van der Waals surface area contributed by atoms with Gasteiger partial charge >= 0.3 is 0 Å². The lowest BCUT2D eigenvalue weighted by molar-refractivity contribution is 1.17. The number of aromatic nitrogens is 1. The Morgan fingerprint density at radius 1 is 0.373 bits per heavy atom. The summed E-state index contributed by atoms with van der Waals surface area (Å²) in [6.07, 6.45) is 0. The van der Waals surface area contributed by atoms with E-state index in [4.69, 9.17) is 0 Å². The van der Waals surface area contributed by atoms with Crippen LogP contribution < -0.4 is 4.90 Å². The third kappa shape index (κ3) is 4.16. The zero-order valence-electron chi connectivity index (χ0n) is 27.6. The van der Waals surface area contributed by atoms with E-state index in [2.05, 4.69) is 191 Å². The minimum Gasteiger partial charge on any atom is -0.307 e. The number of thiophene rings is 1. The molecule has 0 aliphatic rings. The summed E-state index contributed by atoms with van der Waals surface area (Å²) >= 11 is 1.87. The third-order valence-electron chi connectivity index (χ3n) is 10.5. The standard InChI is InChI=1S/C48H30N2S/c1-2-15-33(16-3-1)49-40-23-10-8-19-36(40)38-22-12-25-42(48(38)49)50(41-24-13-27-45-47(41)39-21-9-11-26-44(39)51-45)43-30-32-29-28-31-14-4-5-17-34(31)46(32)37-20-7-6-18-35(37)43/h1-30H. The molecule has 0 aliphatic heterocycles. The van der Waals surface area contributed by atoms with Crippen molar-refractivity contribution >= 4 is 103 Å². The number of benzene rings is 9. The van der Waals surface area contributed by atoms with E-state index in [9.17, 15) is 0 Å². The topological polar surface area (TPSA) is 8.17 Å². The van der Waals surface area contributed by atoms with Gasteiger partial charge in [-0.2, -0.15) is 0 Å². The molecule has 2 aromatic heterocycles. The molecule has 11 aromatic rings. The predicted octanol–water partition coefficient (Wildman–Crippen LogP) is 14.1. The van der Waals surface area contributed by atoms with Gasteiger partial charge in [0.2, 0.25) is 0 Å². The largest absolute Gasteiger partial charge is 0.307 e. The molecule has 11 rings (SSSR count). The van der Waals surface area contributed by atoms with Crippen molar-refractivity contribution in [3.8, 4) is 5.69 Å². The van der Waals surface area contributed by atoms with Gasteiger partial charge in [-0.15, -0.1) is 11.3 Å². The van der Waals surface area contributed by atoms with Crippen LogP contribution in [0.1, 0.15) is 0 Å². The molecule has 9 aromatic carbocycles. The first kappa shape index (κ1) is 28.4. The number of hydrogen-bond donors (Lipinski definition) is 0. The zero-order chi connectivity index (χ0) is 33.5. The van der Waals surface area contributed by atoms with Gasteiger partial charge in [-0.25, -0.2) is 0 Å². The number of para-hydroxylation sites is 3. The molecular formula is C48H30N2S. The van der Waals surface area contributed by atoms with Crippen LogP contribution in [0.15, 0.2) is 182 Å². The normalized spacial score (nSPS) is 11.9. The summed E-state index contributed by atoms with van der Waals surface area (Å²) < 4.78 is 5.03. The van der Waals surface area contributed by atoms with Crippen molar-refractivity contribution in [2.24, 2.45) is 0 Å². The van der Waals surface area contributed by atoms with E-state index >= 15 is 0 Å². The molecule has 0 aliphatic carbocycles. The average molecular weight is 667 g/mol. The first-order valence-corrected chi connectivity index (χ1v) is 18.3. The van der Waals surface area contributed by atoms with Gasteiger partial charge in [-0.1, -0.05) is 133 Å². The van der Waals surface area contributed by atoms with Crippen molar-refractivity contribution in [2.75, 3.05) is 4.90 Å². The van der Waals surface area contributed by atoms with Gasteiger partial charge in [-0.05, 0) is 75.5 Å². The Kier molecular flexibility index (Phi) is 6.16. The van der Waals surface area contributed by atoms with Crippen molar-refractivity contribution in [2.45, 2.75) is 0 Å². The number of nitrogens with zero attached hydrogens (tertiary/aromatic N) is 2. The van der Waals surface area contributed by atoms with Crippen LogP contribution >= 0.6 is 11.3 Å². The first-order chi connectivity index (χ1) is 25.3. The highest BCUT2D eigenvalue weighted by Crippen LogP contribution is 2.50. The Bertz CT molecular complexity index is 3150. The number of anilines is 3. The van der Waals surface area contributed by atoms with Crippen molar-refractivity contribution in [3.63, 3.8) is 0 Å². The molecule has 0 fully saturated rings. The van der Waals surface area contributed by atoms with Crippen LogP contribution in [0.4, 0.5) is 17.1 Å². The summed E-state index contributed by atoms with van der Waals surface area (Å²) in [5.74, 6) is 0. The molecule has 3 heteroatoms. The van der Waals surface area contributed by atoms with Crippen LogP contribution in [-0.4, -0.2) is 4.57 Å². The maximum absolute atomic E-state index is 2.55. The van der Waals surface area contributed by atoms with Gasteiger partial charge < -0.3 is 9.47 Å². The lowest BCUT2D eigenvalue weighted by Gasteiger charge is -2.30. The van der Waals surface area contributed by atoms with Crippen LogP contribution in [0.25, 0.3) is 80.0 Å². The Morgan fingerprint density at radius 2 is 1.00 bits per heavy atom. The van der Waals surface area contributed by atoms with Crippen LogP contribution in [0.3, 0.4) is 0 Å². The molecule has 2 heterocycles. The molecule has 0 bridgehead atoms. The van der Waals surface area contributed by atoms with E-state index in [0.717, 1.165) is 17.1 Å². The van der Waals surface area contributed by atoms with E-state index in [1.54, 1.807) is 0 Å². The highest BCUT2D eigenvalue weighted by Gasteiger charge is 2.25. The monoisotopic (exact) mass is 666 g/mol. The Morgan fingerprint density at radius 3 is 1.88 bits per heavy atom. The zero-order valence-corrected chi connectivity index (χ0v) is 28.4. The number of hydrogen-bond acceptors (Lipinski definition) is 2. The van der Waals surface area contributed by atoms with Crippen molar-refractivity contribution in [1.82, 2.24) is 4.57 Å². The van der Waals surface area contributed by atoms with Crippen LogP contribution in [-0.2, 0) is 0 Å². The van der Waals surface area contributed by atoms with Crippen LogP contribution in [0, 0.1) is 0 Å². The van der Waals surface area contributed by atoms with Gasteiger partial charge in [0, 0.05) is 42.0 Å². The Balaban J connectivity index is 1.35. The van der Waals surface area contributed by atoms with Gasteiger partial charge in [0.15, 0.2) is 0 Å². The van der Waals surface area contributed by atoms with E-state index in [1.165, 1.54) is 80.0 Å². The summed E-state index contributed by atoms with van der Waals surface area (Å²) in [5.41, 5.74) is 7.00. The van der Waals surface area contributed by atoms with Crippen molar-refractivity contribution in [1.29, 1.82) is 0 Å². The maximum Gasteiger partial charge on any atom is 0.0782 e. The SMILES string of the molecule is c1ccc(-n2c3ccccc3c3cccc(N(c4cc5ccc6ccccc6c5c5ccccc45)c4cccc5sc6ccccc6c45)c32)cc1. The molecule has 0 N–H and O–H groups in total. The van der Waals surface area contributed by atoms with Gasteiger partial charge in [0.05, 0.1) is 28.1 Å². The Labute approximate surface area is 298 Å². The van der Waals surface area contributed by atoms with E-state index < -0.39 is 0 Å². The second-order valence-corrected chi connectivity index (χ2v) is 14.4. The molecule has 51 heavy (non-hydrogen) atoms. The summed E-state index contributed by atoms with van der Waals surface area (Å²) in [4.78, 5) is 2.55. The molecule has 0 atom stereocenters. The second kappa shape index (κ2) is 11.0. The lowest BCUT2D eigenvalue weighted by Crippen LogP contribution is -2.13. The third-order valence-corrected chi connectivity index (χ3v) is 11.7. The van der Waals surface area contributed by atoms with Gasteiger partial charge in [0.1, 0.15) is 0 Å².